The van der Waals surface area contributed by atoms with Gasteiger partial charge in [-0.1, -0.05) is 13.1 Å². The van der Waals surface area contributed by atoms with Gasteiger partial charge in [-0.2, -0.15) is 0 Å². The van der Waals surface area contributed by atoms with Crippen molar-refractivity contribution in [2.24, 2.45) is 0 Å². The predicted molar refractivity (Wildman–Crippen MR) is 19.6 cm³/mol. The van der Waals surface area contributed by atoms with Crippen LogP contribution in [0.3, 0.4) is 0 Å². The standard InChI is InChI=1S/C2H5BF3.K/c1-2-3(4,5)6;/h2H2,1H3;/q-1;+1/i1D3,2D2;. The van der Waals surface area contributed by atoms with E-state index in [0.717, 1.165) is 0 Å². The molecule has 0 aliphatic rings. The molecule has 0 aliphatic carbocycles. The first kappa shape index (κ1) is 3.61. The Labute approximate surface area is 90.4 Å². The van der Waals surface area contributed by atoms with Crippen LogP contribution in [0.15, 0.2) is 0 Å². The molecule has 0 fully saturated rings. The third-order valence-corrected chi connectivity index (χ3v) is 0.164. The normalized spacial score (nSPS) is 24.7. The van der Waals surface area contributed by atoms with Gasteiger partial charge < -0.3 is 12.9 Å². The molecule has 0 bridgehead atoms. The Balaban J connectivity index is 0. The van der Waals surface area contributed by atoms with Crippen LogP contribution in [-0.2, 0) is 0 Å². The Bertz CT molecular complexity index is 136. The maximum Gasteiger partial charge on any atom is 1.00 e. The van der Waals surface area contributed by atoms with Crippen LogP contribution >= 0.6 is 0 Å². The molecule has 0 saturated heterocycles. The fourth-order valence-electron chi connectivity index (χ4n) is 0. The van der Waals surface area contributed by atoms with Crippen molar-refractivity contribution in [1.82, 2.24) is 0 Å². The van der Waals surface area contributed by atoms with E-state index in [9.17, 15) is 12.9 Å². The maximum atomic E-state index is 11.7. The third-order valence-electron chi connectivity index (χ3n) is 0.164. The van der Waals surface area contributed by atoms with Gasteiger partial charge in [0.25, 0.3) is 0 Å². The first-order valence-corrected chi connectivity index (χ1v) is 1.19. The Kier molecular flexibility index (Phi) is 2.26. The molecule has 0 radical (unpaired) electrons. The molecular weight excluding hydrogens is 131 g/mol. The summed E-state index contributed by atoms with van der Waals surface area (Å²) >= 11 is 0. The largest absolute Gasteiger partial charge is 1.00 e. The Hall–Kier alpha value is 1.49. The van der Waals surface area contributed by atoms with E-state index in [4.69, 9.17) is 6.85 Å². The zero-order chi connectivity index (χ0) is 9.50. The van der Waals surface area contributed by atoms with E-state index >= 15 is 0 Å². The molecule has 0 rings (SSSR count). The summed E-state index contributed by atoms with van der Waals surface area (Å²) < 4.78 is 66.2. The molecule has 0 amide bonds. The molecule has 0 nitrogen and oxygen atoms in total. The van der Waals surface area contributed by atoms with Crippen LogP contribution in [0.25, 0.3) is 0 Å². The van der Waals surface area contributed by atoms with Crippen LogP contribution in [0.2, 0.25) is 6.27 Å². The quantitative estimate of drug-likeness (QED) is 0.405. The minimum absolute atomic E-state index is 0. The summed E-state index contributed by atoms with van der Waals surface area (Å²) in [5.41, 5.74) is 0. The summed E-state index contributed by atoms with van der Waals surface area (Å²) in [5, 5.41) is 0. The third kappa shape index (κ3) is 11.2. The van der Waals surface area contributed by atoms with Gasteiger partial charge in [-0.05, 0) is 2.74 Å². The second kappa shape index (κ2) is 4.38. The average molecular weight is 141 g/mol. The van der Waals surface area contributed by atoms with Crippen molar-refractivity contribution in [2.45, 2.75) is 13.1 Å². The summed E-state index contributed by atoms with van der Waals surface area (Å²) in [4.78, 5) is 0. The van der Waals surface area contributed by atoms with Crippen LogP contribution < -0.4 is 51.4 Å². The Morgan fingerprint density at radius 1 is 1.71 bits per heavy atom. The van der Waals surface area contributed by atoms with Crippen LogP contribution in [0.4, 0.5) is 12.9 Å². The summed E-state index contributed by atoms with van der Waals surface area (Å²) in [6.07, 6.45) is -4.06. The van der Waals surface area contributed by atoms with Crippen molar-refractivity contribution in [2.75, 3.05) is 0 Å². The van der Waals surface area contributed by atoms with Crippen LogP contribution in [-0.4, -0.2) is 6.98 Å². The van der Waals surface area contributed by atoms with E-state index in [0.29, 0.717) is 0 Å². The van der Waals surface area contributed by atoms with E-state index < -0.39 is 20.1 Å². The first-order chi connectivity index (χ1) is 4.50. The molecule has 0 N–H and O–H groups in total. The van der Waals surface area contributed by atoms with Gasteiger partial charge >= 0.3 is 58.4 Å². The molecule has 0 saturated carbocycles. The fourth-order valence-corrected chi connectivity index (χ4v) is 0. The molecule has 0 unspecified atom stereocenters. The number of hydrogen-bond acceptors (Lipinski definition) is 0. The van der Waals surface area contributed by atoms with Crippen molar-refractivity contribution >= 4 is 6.98 Å². The van der Waals surface area contributed by atoms with Gasteiger partial charge in [-0.25, -0.2) is 0 Å². The maximum absolute atomic E-state index is 11.7. The minimum atomic E-state index is -5.98. The summed E-state index contributed by atoms with van der Waals surface area (Å²) in [6, 6.07) is 0. The number of hydrogen-bond donors (Lipinski definition) is 0. The smallest absolute Gasteiger partial charge is 0.449 e. The first-order valence-electron chi connectivity index (χ1n) is 3.69. The van der Waals surface area contributed by atoms with Crippen molar-refractivity contribution in [3.05, 3.63) is 0 Å². The average Bonchev–Trinajstić information content (AvgIpc) is 1.58. The van der Waals surface area contributed by atoms with Crippen molar-refractivity contribution in [1.29, 1.82) is 0 Å². The van der Waals surface area contributed by atoms with Crippen LogP contribution in [0, 0.1) is 0 Å². The van der Waals surface area contributed by atoms with Gasteiger partial charge in [0.15, 0.2) is 0 Å². The summed E-state index contributed by atoms with van der Waals surface area (Å²) in [6.45, 7) is -9.61. The second-order valence-corrected chi connectivity index (χ2v) is 0.719. The zero-order valence-electron chi connectivity index (χ0n) is 8.71. The molecule has 0 aromatic heterocycles. The molecule has 0 aliphatic heterocycles. The molecule has 0 aromatic carbocycles. The van der Waals surface area contributed by atoms with Crippen LogP contribution in [0.5, 0.6) is 0 Å². The van der Waals surface area contributed by atoms with E-state index in [-0.39, 0.29) is 51.4 Å². The van der Waals surface area contributed by atoms with Gasteiger partial charge in [0.2, 0.25) is 0 Å². The van der Waals surface area contributed by atoms with E-state index in [1.54, 1.807) is 0 Å². The van der Waals surface area contributed by atoms with E-state index in [1.165, 1.54) is 0 Å². The fraction of sp³-hybridized carbons (Fsp3) is 1.00. The molecule has 0 atom stereocenters. The molecule has 5 heteroatoms. The second-order valence-electron chi connectivity index (χ2n) is 0.719. The molecule has 0 spiro atoms. The van der Waals surface area contributed by atoms with Gasteiger partial charge in [0.05, 0.1) is 0 Å². The topological polar surface area (TPSA) is 0 Å². The van der Waals surface area contributed by atoms with E-state index in [1.807, 2.05) is 0 Å². The number of halogens is 3. The molecule has 7 heavy (non-hydrogen) atoms. The molecular formula is C2H5BF3K. The summed E-state index contributed by atoms with van der Waals surface area (Å²) in [7, 11) is 0. The van der Waals surface area contributed by atoms with Crippen molar-refractivity contribution in [3.63, 3.8) is 0 Å². The van der Waals surface area contributed by atoms with Gasteiger partial charge in [-0.15, -0.1) is 0 Å². The van der Waals surface area contributed by atoms with Crippen molar-refractivity contribution in [3.8, 4) is 0 Å². The van der Waals surface area contributed by atoms with Crippen LogP contribution in [0.1, 0.15) is 13.7 Å². The SMILES string of the molecule is [2H]C([2H])([2H])C([2H])([2H])[B-](F)(F)F.[K+]. The van der Waals surface area contributed by atoms with Crippen molar-refractivity contribution < 1.29 is 71.2 Å². The van der Waals surface area contributed by atoms with Gasteiger partial charge in [0.1, 0.15) is 0 Å². The van der Waals surface area contributed by atoms with Gasteiger partial charge in [-0.3, -0.25) is 0 Å². The zero-order valence-corrected chi connectivity index (χ0v) is 6.83. The minimum Gasteiger partial charge on any atom is -0.449 e. The molecule has 38 valence electrons. The number of rotatable bonds is 1. The van der Waals surface area contributed by atoms with Gasteiger partial charge in [0, 0.05) is 4.11 Å². The summed E-state index contributed by atoms with van der Waals surface area (Å²) in [5.74, 6) is 0. The Morgan fingerprint density at radius 3 is 2.14 bits per heavy atom. The predicted octanol–water partition coefficient (Wildman–Crippen LogP) is -1.14. The monoisotopic (exact) mass is 141 g/mol. The van der Waals surface area contributed by atoms with E-state index in [2.05, 4.69) is 0 Å². The Morgan fingerprint density at radius 2 is 2.14 bits per heavy atom. The molecule has 0 aromatic rings. The molecule has 0 heterocycles.